The highest BCUT2D eigenvalue weighted by atomic mass is 32.1. The monoisotopic (exact) mass is 284 g/mol. The van der Waals surface area contributed by atoms with Crippen LogP contribution < -0.4 is 11.1 Å². The molecule has 1 aromatic heterocycles. The van der Waals surface area contributed by atoms with Gasteiger partial charge in [-0.2, -0.15) is 0 Å². The zero-order valence-corrected chi connectivity index (χ0v) is 12.3. The van der Waals surface area contributed by atoms with Gasteiger partial charge in [-0.25, -0.2) is 4.98 Å². The molecule has 0 aliphatic carbocycles. The van der Waals surface area contributed by atoms with Crippen LogP contribution in [-0.2, 0) is 16.0 Å². The highest BCUT2D eigenvalue weighted by Crippen LogP contribution is 2.12. The molecule has 0 aliphatic rings. The lowest BCUT2D eigenvalue weighted by atomic mass is 10.3. The van der Waals surface area contributed by atoms with Gasteiger partial charge in [0.05, 0.1) is 18.7 Å². The fraction of sp³-hybridized carbons (Fsp3) is 0.583. The van der Waals surface area contributed by atoms with Crippen LogP contribution in [-0.4, -0.2) is 40.8 Å². The van der Waals surface area contributed by atoms with Gasteiger partial charge in [-0.3, -0.25) is 9.59 Å². The van der Waals surface area contributed by atoms with Crippen molar-refractivity contribution in [3.05, 3.63) is 11.1 Å². The van der Waals surface area contributed by atoms with E-state index in [1.54, 1.807) is 5.38 Å². The second kappa shape index (κ2) is 7.08. The van der Waals surface area contributed by atoms with Crippen molar-refractivity contribution in [1.29, 1.82) is 0 Å². The van der Waals surface area contributed by atoms with E-state index < -0.39 is 0 Å². The van der Waals surface area contributed by atoms with Crippen LogP contribution in [0.25, 0.3) is 0 Å². The molecule has 0 radical (unpaired) electrons. The number of nitrogens with two attached hydrogens (primary N) is 1. The number of nitrogens with one attached hydrogen (secondary N) is 1. The fourth-order valence-electron chi connectivity index (χ4n) is 1.59. The quantitative estimate of drug-likeness (QED) is 0.802. The number of amides is 2. The van der Waals surface area contributed by atoms with Gasteiger partial charge in [0.25, 0.3) is 0 Å². The third-order valence-corrected chi connectivity index (χ3v) is 3.14. The first-order valence-corrected chi connectivity index (χ1v) is 7.07. The van der Waals surface area contributed by atoms with E-state index >= 15 is 0 Å². The van der Waals surface area contributed by atoms with Crippen molar-refractivity contribution in [2.45, 2.75) is 33.2 Å². The van der Waals surface area contributed by atoms with Gasteiger partial charge in [0.2, 0.25) is 11.8 Å². The second-order valence-corrected chi connectivity index (χ2v) is 5.37. The lowest BCUT2D eigenvalue weighted by Gasteiger charge is -2.20. The summed E-state index contributed by atoms with van der Waals surface area (Å²) in [7, 11) is 0. The van der Waals surface area contributed by atoms with Crippen molar-refractivity contribution in [2.75, 3.05) is 18.8 Å². The molecule has 2 amide bonds. The highest BCUT2D eigenvalue weighted by Gasteiger charge is 2.17. The number of thiazole rings is 1. The van der Waals surface area contributed by atoms with Gasteiger partial charge < -0.3 is 16.0 Å². The third-order valence-electron chi connectivity index (χ3n) is 2.42. The number of carbonyl (C=O) groups is 2. The predicted octanol–water partition coefficient (Wildman–Crippen LogP) is 0.641. The number of carbonyl (C=O) groups excluding carboxylic acids is 2. The van der Waals surface area contributed by atoms with E-state index in [0.717, 1.165) is 0 Å². The molecule has 0 saturated heterocycles. The maximum Gasteiger partial charge on any atom is 0.239 e. The summed E-state index contributed by atoms with van der Waals surface area (Å²) in [5.41, 5.74) is 6.17. The largest absolute Gasteiger partial charge is 0.375 e. The molecule has 0 spiro atoms. The summed E-state index contributed by atoms with van der Waals surface area (Å²) in [5.74, 6) is -0.269. The summed E-state index contributed by atoms with van der Waals surface area (Å²) in [6, 6.07) is 0.0691. The smallest absolute Gasteiger partial charge is 0.239 e. The van der Waals surface area contributed by atoms with E-state index in [1.165, 1.54) is 16.2 Å². The molecule has 0 unspecified atom stereocenters. The van der Waals surface area contributed by atoms with Crippen molar-refractivity contribution < 1.29 is 9.59 Å². The molecule has 0 aliphatic heterocycles. The van der Waals surface area contributed by atoms with Crippen LogP contribution in [0.15, 0.2) is 5.38 Å². The molecular weight excluding hydrogens is 264 g/mol. The number of nitrogens with zero attached hydrogens (tertiary/aromatic N) is 2. The average Bonchev–Trinajstić information content (AvgIpc) is 2.70. The first kappa shape index (κ1) is 15.4. The fourth-order valence-corrected chi connectivity index (χ4v) is 2.15. The molecule has 1 heterocycles. The molecule has 106 valence electrons. The van der Waals surface area contributed by atoms with Crippen molar-refractivity contribution >= 4 is 28.3 Å². The minimum atomic E-state index is -0.150. The van der Waals surface area contributed by atoms with Crippen LogP contribution in [0.5, 0.6) is 0 Å². The van der Waals surface area contributed by atoms with Crippen LogP contribution in [0.2, 0.25) is 0 Å². The SMILES string of the molecule is CCN(CC(=O)NC(C)C)C(=O)Cc1csc(N)n1. The van der Waals surface area contributed by atoms with E-state index in [1.807, 2.05) is 20.8 Å². The number of anilines is 1. The minimum Gasteiger partial charge on any atom is -0.375 e. The highest BCUT2D eigenvalue weighted by molar-refractivity contribution is 7.13. The Kier molecular flexibility index (Phi) is 5.75. The predicted molar refractivity (Wildman–Crippen MR) is 75.8 cm³/mol. The first-order valence-electron chi connectivity index (χ1n) is 6.19. The zero-order chi connectivity index (χ0) is 14.4. The van der Waals surface area contributed by atoms with Gasteiger partial charge >= 0.3 is 0 Å². The van der Waals surface area contributed by atoms with E-state index in [-0.39, 0.29) is 30.8 Å². The molecule has 1 rings (SSSR count). The van der Waals surface area contributed by atoms with Gasteiger partial charge in [-0.1, -0.05) is 0 Å². The number of hydrogen-bond donors (Lipinski definition) is 2. The van der Waals surface area contributed by atoms with Gasteiger partial charge in [-0.15, -0.1) is 11.3 Å². The Hall–Kier alpha value is -1.63. The second-order valence-electron chi connectivity index (χ2n) is 4.48. The standard InChI is InChI=1S/C12H20N4O2S/c1-4-16(6-10(17)14-8(2)3)11(18)5-9-7-19-12(13)15-9/h7-8H,4-6H2,1-3H3,(H2,13,15)(H,14,17). The normalized spacial score (nSPS) is 10.5. The lowest BCUT2D eigenvalue weighted by Crippen LogP contribution is -2.43. The number of aromatic nitrogens is 1. The van der Waals surface area contributed by atoms with Crippen molar-refractivity contribution in [1.82, 2.24) is 15.2 Å². The molecule has 0 aromatic carbocycles. The molecule has 6 nitrogen and oxygen atoms in total. The first-order chi connectivity index (χ1) is 8.92. The van der Waals surface area contributed by atoms with Crippen LogP contribution in [0.4, 0.5) is 5.13 Å². The molecule has 0 atom stereocenters. The Morgan fingerprint density at radius 3 is 2.68 bits per heavy atom. The molecule has 1 aromatic rings. The molecule has 7 heteroatoms. The Labute approximate surface area is 117 Å². The number of hydrogen-bond acceptors (Lipinski definition) is 5. The minimum absolute atomic E-state index is 0.0691. The van der Waals surface area contributed by atoms with E-state index in [9.17, 15) is 9.59 Å². The van der Waals surface area contributed by atoms with Crippen LogP contribution in [0.1, 0.15) is 26.5 Å². The van der Waals surface area contributed by atoms with Crippen molar-refractivity contribution in [3.63, 3.8) is 0 Å². The maximum atomic E-state index is 12.0. The number of rotatable bonds is 6. The molecule has 0 saturated carbocycles. The van der Waals surface area contributed by atoms with Gasteiger partial charge in [0.1, 0.15) is 0 Å². The van der Waals surface area contributed by atoms with Gasteiger partial charge in [-0.05, 0) is 20.8 Å². The Bertz CT molecular complexity index is 445. The molecular formula is C12H20N4O2S. The van der Waals surface area contributed by atoms with E-state index in [4.69, 9.17) is 5.73 Å². The van der Waals surface area contributed by atoms with Crippen molar-refractivity contribution in [2.24, 2.45) is 0 Å². The topological polar surface area (TPSA) is 88.3 Å². The third kappa shape index (κ3) is 5.25. The maximum absolute atomic E-state index is 12.0. The summed E-state index contributed by atoms with van der Waals surface area (Å²) in [5, 5.41) is 4.97. The van der Waals surface area contributed by atoms with Crippen LogP contribution >= 0.6 is 11.3 Å². The van der Waals surface area contributed by atoms with Crippen molar-refractivity contribution in [3.8, 4) is 0 Å². The Morgan fingerprint density at radius 2 is 2.21 bits per heavy atom. The van der Waals surface area contributed by atoms with Crippen LogP contribution in [0.3, 0.4) is 0 Å². The Balaban J connectivity index is 2.54. The summed E-state index contributed by atoms with van der Waals surface area (Å²) in [4.78, 5) is 29.2. The van der Waals surface area contributed by atoms with Gasteiger partial charge in [0.15, 0.2) is 5.13 Å². The number of nitrogen functional groups attached to an aromatic ring is 1. The van der Waals surface area contributed by atoms with E-state index in [2.05, 4.69) is 10.3 Å². The van der Waals surface area contributed by atoms with E-state index in [0.29, 0.717) is 17.4 Å². The Morgan fingerprint density at radius 1 is 1.53 bits per heavy atom. The van der Waals surface area contributed by atoms with Crippen LogP contribution in [0, 0.1) is 0 Å². The molecule has 0 fully saturated rings. The summed E-state index contributed by atoms with van der Waals surface area (Å²) in [6.45, 7) is 6.18. The summed E-state index contributed by atoms with van der Waals surface area (Å²) < 4.78 is 0. The molecule has 3 N–H and O–H groups in total. The summed E-state index contributed by atoms with van der Waals surface area (Å²) in [6.07, 6.45) is 0.177. The lowest BCUT2D eigenvalue weighted by molar-refractivity contribution is -0.135. The van der Waals surface area contributed by atoms with Gasteiger partial charge in [0, 0.05) is 18.0 Å². The average molecular weight is 284 g/mol. The number of likely N-dealkylation sites (N-methyl/N-ethyl adjacent to an activating group) is 1. The zero-order valence-electron chi connectivity index (χ0n) is 11.5. The molecule has 19 heavy (non-hydrogen) atoms. The molecule has 0 bridgehead atoms. The summed E-state index contributed by atoms with van der Waals surface area (Å²) >= 11 is 1.30.